The first-order valence-electron chi connectivity index (χ1n) is 10.4. The molecule has 8 heteroatoms. The highest BCUT2D eigenvalue weighted by atomic mass is 127. The van der Waals surface area contributed by atoms with Crippen LogP contribution in [0.4, 0.5) is 5.69 Å². The predicted octanol–water partition coefficient (Wildman–Crippen LogP) is 7.46. The number of ether oxygens (including phenoxy) is 2. The second-order valence-electron chi connectivity index (χ2n) is 7.34. The molecule has 0 atom stereocenters. The minimum absolute atomic E-state index is 0.111. The van der Waals surface area contributed by atoms with E-state index in [1.54, 1.807) is 30.3 Å². The molecule has 35 heavy (non-hydrogen) atoms. The molecule has 0 aliphatic carbocycles. The molecular weight excluding hydrogens is 598 g/mol. The van der Waals surface area contributed by atoms with E-state index in [0.717, 1.165) is 14.7 Å². The van der Waals surface area contributed by atoms with Crippen molar-refractivity contribution in [2.75, 3.05) is 12.4 Å². The van der Waals surface area contributed by atoms with Gasteiger partial charge in [0.05, 0.1) is 22.8 Å². The van der Waals surface area contributed by atoms with Gasteiger partial charge < -0.3 is 14.8 Å². The minimum Gasteiger partial charge on any atom is -0.493 e. The molecule has 3 aromatic carbocycles. The highest BCUT2D eigenvalue weighted by Gasteiger charge is 2.16. The molecule has 0 saturated heterocycles. The number of nitrogens with zero attached hydrogens (tertiary/aromatic N) is 1. The quantitative estimate of drug-likeness (QED) is 0.117. The van der Waals surface area contributed by atoms with E-state index in [2.05, 4.69) is 34.5 Å². The van der Waals surface area contributed by atoms with Crippen LogP contribution < -0.4 is 14.8 Å². The summed E-state index contributed by atoms with van der Waals surface area (Å²) in [7, 11) is 1.54. The van der Waals surface area contributed by atoms with Crippen LogP contribution >= 0.6 is 45.8 Å². The zero-order valence-corrected chi connectivity index (χ0v) is 22.4. The average molecular weight is 619 g/mol. The van der Waals surface area contributed by atoms with Gasteiger partial charge in [-0.25, -0.2) is 0 Å². The van der Waals surface area contributed by atoms with Crippen molar-refractivity contribution in [2.24, 2.45) is 0 Å². The number of allylic oxidation sites excluding steroid dienone is 1. The maximum Gasteiger partial charge on any atom is 0.266 e. The smallest absolute Gasteiger partial charge is 0.266 e. The number of nitrogens with one attached hydrogen (secondary N) is 1. The maximum atomic E-state index is 12.8. The molecular formula is C27H21Cl2IN2O3. The van der Waals surface area contributed by atoms with E-state index in [1.165, 1.54) is 13.2 Å². The summed E-state index contributed by atoms with van der Waals surface area (Å²) in [6.45, 7) is 4.19. The van der Waals surface area contributed by atoms with Gasteiger partial charge in [0, 0.05) is 9.13 Å². The molecule has 3 rings (SSSR count). The van der Waals surface area contributed by atoms with Crippen LogP contribution in [-0.2, 0) is 17.8 Å². The summed E-state index contributed by atoms with van der Waals surface area (Å²) >= 11 is 14.4. The van der Waals surface area contributed by atoms with Crippen molar-refractivity contribution in [2.45, 2.75) is 13.0 Å². The number of halogens is 3. The number of benzene rings is 3. The Hall–Kier alpha value is -2.99. The summed E-state index contributed by atoms with van der Waals surface area (Å²) in [5.41, 5.74) is 2.63. The Balaban J connectivity index is 1.91. The molecule has 0 saturated carbocycles. The van der Waals surface area contributed by atoms with Crippen molar-refractivity contribution in [1.82, 2.24) is 0 Å². The van der Waals surface area contributed by atoms with Gasteiger partial charge in [-0.05, 0) is 82.6 Å². The normalized spacial score (nSPS) is 10.9. The second kappa shape index (κ2) is 12.6. The van der Waals surface area contributed by atoms with Crippen LogP contribution in [0.5, 0.6) is 11.5 Å². The fourth-order valence-electron chi connectivity index (χ4n) is 3.23. The Morgan fingerprint density at radius 3 is 2.60 bits per heavy atom. The molecule has 178 valence electrons. The fourth-order valence-corrected chi connectivity index (χ4v) is 3.94. The first-order chi connectivity index (χ1) is 16.9. The summed E-state index contributed by atoms with van der Waals surface area (Å²) in [4.78, 5) is 12.8. The SMILES string of the molecule is C=CCc1cc(/C=C(/C#N)C(=O)Nc2cccc(Cl)c2Cl)cc(OC)c1OCc1ccc(I)cc1. The van der Waals surface area contributed by atoms with E-state index < -0.39 is 5.91 Å². The van der Waals surface area contributed by atoms with Gasteiger partial charge in [-0.15, -0.1) is 6.58 Å². The Bertz CT molecular complexity index is 1320. The zero-order valence-electron chi connectivity index (χ0n) is 18.8. The number of nitriles is 1. The van der Waals surface area contributed by atoms with Gasteiger partial charge in [0.15, 0.2) is 11.5 Å². The van der Waals surface area contributed by atoms with Gasteiger partial charge in [-0.2, -0.15) is 5.26 Å². The molecule has 1 amide bonds. The minimum atomic E-state index is -0.611. The first kappa shape index (κ1) is 26.6. The lowest BCUT2D eigenvalue weighted by Gasteiger charge is -2.16. The molecule has 0 aromatic heterocycles. The Kier molecular flexibility index (Phi) is 9.61. The van der Waals surface area contributed by atoms with E-state index in [1.807, 2.05) is 36.4 Å². The van der Waals surface area contributed by atoms with E-state index in [-0.39, 0.29) is 10.6 Å². The molecule has 0 unspecified atom stereocenters. The monoisotopic (exact) mass is 618 g/mol. The van der Waals surface area contributed by atoms with E-state index in [0.29, 0.717) is 40.8 Å². The van der Waals surface area contributed by atoms with Crippen molar-refractivity contribution in [1.29, 1.82) is 5.26 Å². The van der Waals surface area contributed by atoms with Crippen molar-refractivity contribution in [3.8, 4) is 17.6 Å². The lowest BCUT2D eigenvalue weighted by atomic mass is 10.0. The van der Waals surface area contributed by atoms with Crippen LogP contribution in [0.15, 0.2) is 72.8 Å². The number of hydrogen-bond donors (Lipinski definition) is 1. The van der Waals surface area contributed by atoms with Crippen LogP contribution in [0.3, 0.4) is 0 Å². The van der Waals surface area contributed by atoms with Crippen LogP contribution in [0.1, 0.15) is 16.7 Å². The Labute approximate surface area is 228 Å². The van der Waals surface area contributed by atoms with E-state index >= 15 is 0 Å². The van der Waals surface area contributed by atoms with Crippen molar-refractivity contribution < 1.29 is 14.3 Å². The molecule has 1 N–H and O–H groups in total. The van der Waals surface area contributed by atoms with Gasteiger partial charge in [0.2, 0.25) is 0 Å². The molecule has 0 aliphatic heterocycles. The molecule has 0 heterocycles. The van der Waals surface area contributed by atoms with Crippen molar-refractivity contribution in [3.05, 3.63) is 103 Å². The highest BCUT2D eigenvalue weighted by molar-refractivity contribution is 14.1. The molecule has 0 spiro atoms. The van der Waals surface area contributed by atoms with Gasteiger partial charge in [0.1, 0.15) is 18.2 Å². The number of amides is 1. The molecule has 0 aliphatic rings. The summed E-state index contributed by atoms with van der Waals surface area (Å²) in [5.74, 6) is 0.452. The van der Waals surface area contributed by atoms with Gasteiger partial charge >= 0.3 is 0 Å². The standard InChI is InChI=1S/C27H21Cl2IN2O3/c1-3-5-19-12-18(13-20(15-31)27(33)32-23-7-4-6-22(28)25(23)29)14-24(34-2)26(19)35-16-17-8-10-21(30)11-9-17/h3-4,6-14H,1,5,16H2,2H3,(H,32,33)/b20-13-. The molecule has 0 bridgehead atoms. The van der Waals surface area contributed by atoms with E-state index in [4.69, 9.17) is 32.7 Å². The summed E-state index contributed by atoms with van der Waals surface area (Å²) in [6.07, 6.45) is 3.73. The van der Waals surface area contributed by atoms with Gasteiger partial charge in [-0.1, -0.05) is 47.5 Å². The number of rotatable bonds is 9. The van der Waals surface area contributed by atoms with Crippen molar-refractivity contribution >= 4 is 63.5 Å². The first-order valence-corrected chi connectivity index (χ1v) is 12.3. The Morgan fingerprint density at radius 1 is 1.20 bits per heavy atom. The van der Waals surface area contributed by atoms with Crippen LogP contribution in [0, 0.1) is 14.9 Å². The summed E-state index contributed by atoms with van der Waals surface area (Å²) in [6, 6.07) is 18.4. The topological polar surface area (TPSA) is 71.4 Å². The van der Waals surface area contributed by atoms with Crippen LogP contribution in [0.25, 0.3) is 6.08 Å². The van der Waals surface area contributed by atoms with Crippen molar-refractivity contribution in [3.63, 3.8) is 0 Å². The number of hydrogen-bond acceptors (Lipinski definition) is 4. The number of methoxy groups -OCH3 is 1. The molecule has 3 aromatic rings. The largest absolute Gasteiger partial charge is 0.493 e. The Morgan fingerprint density at radius 2 is 1.94 bits per heavy atom. The molecule has 0 fully saturated rings. The van der Waals surface area contributed by atoms with Crippen LogP contribution in [0.2, 0.25) is 10.0 Å². The third-order valence-corrected chi connectivity index (χ3v) is 6.45. The fraction of sp³-hybridized carbons (Fsp3) is 0.111. The lowest BCUT2D eigenvalue weighted by Crippen LogP contribution is -2.13. The summed E-state index contributed by atoms with van der Waals surface area (Å²) in [5, 5.41) is 12.8. The lowest BCUT2D eigenvalue weighted by molar-refractivity contribution is -0.112. The number of anilines is 1. The molecule has 5 nitrogen and oxygen atoms in total. The van der Waals surface area contributed by atoms with E-state index in [9.17, 15) is 10.1 Å². The zero-order chi connectivity index (χ0) is 25.4. The number of carbonyl (C=O) groups excluding carboxylic acids is 1. The van der Waals surface area contributed by atoms with Crippen LogP contribution in [-0.4, -0.2) is 13.0 Å². The average Bonchev–Trinajstić information content (AvgIpc) is 2.85. The third-order valence-electron chi connectivity index (χ3n) is 4.91. The molecule has 0 radical (unpaired) electrons. The van der Waals surface area contributed by atoms with Gasteiger partial charge in [0.25, 0.3) is 5.91 Å². The maximum absolute atomic E-state index is 12.8. The number of carbonyl (C=O) groups is 1. The van der Waals surface area contributed by atoms with Gasteiger partial charge in [-0.3, -0.25) is 4.79 Å². The second-order valence-corrected chi connectivity index (χ2v) is 9.38. The summed E-state index contributed by atoms with van der Waals surface area (Å²) < 4.78 is 12.8. The third kappa shape index (κ3) is 7.01. The highest BCUT2D eigenvalue weighted by Crippen LogP contribution is 2.35. The predicted molar refractivity (Wildman–Crippen MR) is 149 cm³/mol.